The molecule has 8 nitrogen and oxygen atoms in total. The number of aliphatic imine (C=N–C) groups is 1. The second-order valence-corrected chi connectivity index (χ2v) is 6.23. The molecule has 6 N–H and O–H groups in total. The largest absolute Gasteiger partial charge is 0.374 e. The van der Waals surface area contributed by atoms with Crippen LogP contribution < -0.4 is 22.1 Å². The van der Waals surface area contributed by atoms with Gasteiger partial charge >= 0.3 is 6.03 Å². The summed E-state index contributed by atoms with van der Waals surface area (Å²) in [6.07, 6.45) is 1.47. The topological polar surface area (TPSA) is 131 Å². The number of rotatable bonds is 6. The quantitative estimate of drug-likeness (QED) is 0.356. The number of nitrogens with zero attached hydrogens (tertiary/aromatic N) is 3. The molecular weight excluding hydrogens is 326 g/mol. The van der Waals surface area contributed by atoms with Gasteiger partial charge in [0.25, 0.3) is 0 Å². The minimum absolute atomic E-state index is 0.0875. The van der Waals surface area contributed by atoms with Gasteiger partial charge in [0, 0.05) is 13.0 Å². The zero-order chi connectivity index (χ0) is 17.4. The molecule has 0 aliphatic heterocycles. The van der Waals surface area contributed by atoms with Crippen LogP contribution in [0.2, 0.25) is 0 Å². The fourth-order valence-electron chi connectivity index (χ4n) is 2.01. The van der Waals surface area contributed by atoms with Crippen LogP contribution in [0.3, 0.4) is 0 Å². The van der Waals surface area contributed by atoms with E-state index in [9.17, 15) is 4.79 Å². The van der Waals surface area contributed by atoms with Crippen molar-refractivity contribution in [3.8, 4) is 0 Å². The van der Waals surface area contributed by atoms with Crippen molar-refractivity contribution in [3.05, 3.63) is 40.9 Å². The fraction of sp³-hybridized carbons (Fsp3) is 0.333. The van der Waals surface area contributed by atoms with Gasteiger partial charge in [-0.1, -0.05) is 41.7 Å². The van der Waals surface area contributed by atoms with E-state index in [1.807, 2.05) is 37.3 Å². The lowest BCUT2D eigenvalue weighted by molar-refractivity contribution is 0.242. The van der Waals surface area contributed by atoms with Crippen LogP contribution in [0.1, 0.15) is 30.0 Å². The average molecular weight is 347 g/mol. The highest BCUT2D eigenvalue weighted by Gasteiger charge is 2.09. The normalized spacial score (nSPS) is 12.6. The van der Waals surface area contributed by atoms with Gasteiger partial charge in [-0.15, -0.1) is 10.2 Å². The lowest BCUT2D eigenvalue weighted by Gasteiger charge is -2.14. The van der Waals surface area contributed by atoms with Crippen LogP contribution in [0, 0.1) is 0 Å². The van der Waals surface area contributed by atoms with Crippen molar-refractivity contribution in [1.29, 1.82) is 0 Å². The van der Waals surface area contributed by atoms with Crippen molar-refractivity contribution in [1.82, 2.24) is 20.8 Å². The summed E-state index contributed by atoms with van der Waals surface area (Å²) in [7, 11) is 0. The summed E-state index contributed by atoms with van der Waals surface area (Å²) in [6, 6.07) is 9.16. The molecular formula is C15H21N7OS. The highest BCUT2D eigenvalue weighted by atomic mass is 32.1. The third-order valence-electron chi connectivity index (χ3n) is 3.20. The van der Waals surface area contributed by atoms with Crippen LogP contribution >= 0.6 is 11.3 Å². The number of hydrogen-bond acceptors (Lipinski definition) is 6. The number of nitrogen functional groups attached to an aromatic ring is 1. The lowest BCUT2D eigenvalue weighted by Crippen LogP contribution is -2.44. The number of carbonyl (C=O) groups excluding carboxylic acids is 1. The Kier molecular flexibility index (Phi) is 6.50. The molecule has 0 saturated heterocycles. The molecule has 2 rings (SSSR count). The van der Waals surface area contributed by atoms with E-state index in [1.165, 1.54) is 11.3 Å². The van der Waals surface area contributed by atoms with Crippen LogP contribution in [0.25, 0.3) is 0 Å². The van der Waals surface area contributed by atoms with E-state index in [2.05, 4.69) is 25.8 Å². The van der Waals surface area contributed by atoms with Crippen LogP contribution in [-0.4, -0.2) is 28.7 Å². The summed E-state index contributed by atoms with van der Waals surface area (Å²) in [4.78, 5) is 16.0. The van der Waals surface area contributed by atoms with E-state index < -0.39 is 0 Å². The molecule has 0 spiro atoms. The number of aryl methyl sites for hydroxylation is 1. The maximum absolute atomic E-state index is 11.9. The molecule has 1 heterocycles. The van der Waals surface area contributed by atoms with E-state index >= 15 is 0 Å². The summed E-state index contributed by atoms with van der Waals surface area (Å²) in [5, 5.41) is 14.3. The molecule has 1 atom stereocenters. The number of nitrogens with one attached hydrogen (secondary N) is 2. The number of guanidine groups is 1. The highest BCUT2D eigenvalue weighted by molar-refractivity contribution is 7.15. The van der Waals surface area contributed by atoms with E-state index in [0.29, 0.717) is 11.7 Å². The first-order valence-corrected chi connectivity index (χ1v) is 8.36. The van der Waals surface area contributed by atoms with Gasteiger partial charge in [-0.05, 0) is 18.9 Å². The van der Waals surface area contributed by atoms with Gasteiger partial charge in [0.1, 0.15) is 5.01 Å². The Bertz CT molecular complexity index is 686. The van der Waals surface area contributed by atoms with Crippen molar-refractivity contribution in [2.24, 2.45) is 10.7 Å². The van der Waals surface area contributed by atoms with Crippen molar-refractivity contribution < 1.29 is 4.79 Å². The first-order chi connectivity index (χ1) is 11.5. The molecule has 0 aliphatic rings. The second kappa shape index (κ2) is 8.82. The number of hydrogen-bond donors (Lipinski definition) is 4. The molecule has 0 bridgehead atoms. The molecule has 0 radical (unpaired) electrons. The van der Waals surface area contributed by atoms with Gasteiger partial charge in [-0.3, -0.25) is 10.3 Å². The first kappa shape index (κ1) is 17.7. The number of aromatic nitrogens is 2. The van der Waals surface area contributed by atoms with Crippen molar-refractivity contribution in [3.63, 3.8) is 0 Å². The molecule has 2 amide bonds. The number of amides is 2. The van der Waals surface area contributed by atoms with Gasteiger partial charge in [-0.2, -0.15) is 0 Å². The summed E-state index contributed by atoms with van der Waals surface area (Å²) < 4.78 is 0. The molecule has 0 unspecified atom stereocenters. The summed E-state index contributed by atoms with van der Waals surface area (Å²) in [5.74, 6) is 0.0875. The van der Waals surface area contributed by atoms with Crippen LogP contribution in [0.5, 0.6) is 0 Å². The highest BCUT2D eigenvalue weighted by Crippen LogP contribution is 2.12. The van der Waals surface area contributed by atoms with Crippen molar-refractivity contribution in [2.45, 2.75) is 25.8 Å². The predicted molar refractivity (Wildman–Crippen MR) is 95.7 cm³/mol. The van der Waals surface area contributed by atoms with E-state index in [1.54, 1.807) is 0 Å². The van der Waals surface area contributed by atoms with Gasteiger partial charge < -0.3 is 16.8 Å². The Morgan fingerprint density at radius 1 is 1.33 bits per heavy atom. The Labute approximate surface area is 144 Å². The Morgan fingerprint density at radius 2 is 2.08 bits per heavy atom. The molecule has 0 saturated carbocycles. The van der Waals surface area contributed by atoms with Gasteiger partial charge in [0.05, 0.1) is 6.04 Å². The Hall–Kier alpha value is -2.68. The van der Waals surface area contributed by atoms with Crippen molar-refractivity contribution in [2.75, 3.05) is 12.3 Å². The minimum atomic E-state index is -0.385. The zero-order valence-corrected chi connectivity index (χ0v) is 14.2. The van der Waals surface area contributed by atoms with E-state index in [0.717, 1.165) is 23.4 Å². The molecule has 0 fully saturated rings. The van der Waals surface area contributed by atoms with Gasteiger partial charge in [0.2, 0.25) is 5.13 Å². The average Bonchev–Trinajstić information content (AvgIpc) is 2.97. The fourth-order valence-corrected chi connectivity index (χ4v) is 2.66. The number of benzene rings is 1. The Morgan fingerprint density at radius 3 is 2.75 bits per heavy atom. The molecule has 1 aromatic heterocycles. The number of urea groups is 1. The smallest absolute Gasteiger partial charge is 0.322 e. The third-order valence-corrected chi connectivity index (χ3v) is 4.01. The molecule has 0 aliphatic carbocycles. The lowest BCUT2D eigenvalue weighted by atomic mass is 10.1. The molecule has 24 heavy (non-hydrogen) atoms. The zero-order valence-electron chi connectivity index (χ0n) is 13.4. The summed E-state index contributed by atoms with van der Waals surface area (Å²) in [6.45, 7) is 2.38. The number of anilines is 1. The molecule has 1 aromatic carbocycles. The third kappa shape index (κ3) is 5.84. The molecule has 2 aromatic rings. The maximum atomic E-state index is 11.9. The standard InChI is InChI=1S/C15H21N7OS/c1-10(11-6-3-2-4-7-11)19-15(23)20-13(16)18-9-5-8-12-21-22-14(17)24-12/h2-4,6-7,10H,5,8-9H2,1H3,(H2,17,22)(H4,16,18,19,20,23)/t10-/m1/s1. The first-order valence-electron chi connectivity index (χ1n) is 7.55. The van der Waals surface area contributed by atoms with Gasteiger partial charge in [-0.25, -0.2) is 4.79 Å². The van der Waals surface area contributed by atoms with E-state index in [-0.39, 0.29) is 18.0 Å². The van der Waals surface area contributed by atoms with Gasteiger partial charge in [0.15, 0.2) is 5.96 Å². The van der Waals surface area contributed by atoms with Crippen LogP contribution in [0.15, 0.2) is 35.3 Å². The second-order valence-electron chi connectivity index (χ2n) is 5.14. The summed E-state index contributed by atoms with van der Waals surface area (Å²) in [5.41, 5.74) is 12.2. The summed E-state index contributed by atoms with van der Waals surface area (Å²) >= 11 is 1.36. The van der Waals surface area contributed by atoms with Crippen molar-refractivity contribution >= 4 is 28.5 Å². The molecule has 9 heteroatoms. The predicted octanol–water partition coefficient (Wildman–Crippen LogP) is 1.43. The number of nitrogens with two attached hydrogens (primary N) is 2. The number of carbonyl (C=O) groups is 1. The SMILES string of the molecule is C[C@@H](NC(=O)NC(N)=NCCCc1nnc(N)s1)c1ccccc1. The van der Waals surface area contributed by atoms with Crippen LogP contribution in [0.4, 0.5) is 9.93 Å². The Balaban J connectivity index is 1.70. The monoisotopic (exact) mass is 347 g/mol. The molecule has 128 valence electrons. The van der Waals surface area contributed by atoms with Crippen LogP contribution in [-0.2, 0) is 6.42 Å². The van der Waals surface area contributed by atoms with E-state index in [4.69, 9.17) is 11.5 Å². The maximum Gasteiger partial charge on any atom is 0.322 e. The minimum Gasteiger partial charge on any atom is -0.374 e.